The van der Waals surface area contributed by atoms with Gasteiger partial charge in [0.15, 0.2) is 0 Å². The number of carbonyl (C=O) groups is 1. The largest absolute Gasteiger partial charge is 0.478 e. The molecule has 0 saturated heterocycles. The van der Waals surface area contributed by atoms with E-state index in [1.54, 1.807) is 30.2 Å². The zero-order valence-corrected chi connectivity index (χ0v) is 11.4. The summed E-state index contributed by atoms with van der Waals surface area (Å²) in [5, 5.41) is 9.09. The number of carboxylic acid groups (broad SMARTS) is 1. The van der Waals surface area contributed by atoms with E-state index < -0.39 is 5.97 Å². The number of thioether (sulfide) groups is 1. The van der Waals surface area contributed by atoms with Crippen LogP contribution < -0.4 is 0 Å². The summed E-state index contributed by atoms with van der Waals surface area (Å²) in [5.74, 6) is -0.307. The maximum atomic E-state index is 11.1. The average Bonchev–Trinajstić information content (AvgIpc) is 3.16. The summed E-state index contributed by atoms with van der Waals surface area (Å²) in [5.41, 5.74) is 2.29. The summed E-state index contributed by atoms with van der Waals surface area (Å²) >= 11 is 1.60. The standard InChI is InChI=1S/C14H14N2O2S/c1-19-13-5-4-10(14(17)18)6-12(13)16-7-11(15-8-16)9-2-3-9/h4-9H,2-3H2,1H3,(H,17,18). The van der Waals surface area contributed by atoms with E-state index in [9.17, 15) is 4.79 Å². The van der Waals surface area contributed by atoms with Gasteiger partial charge in [0.2, 0.25) is 0 Å². The van der Waals surface area contributed by atoms with Crippen LogP contribution >= 0.6 is 11.8 Å². The van der Waals surface area contributed by atoms with Crippen molar-refractivity contribution in [3.63, 3.8) is 0 Å². The highest BCUT2D eigenvalue weighted by Crippen LogP contribution is 2.39. The van der Waals surface area contributed by atoms with Crippen LogP contribution in [-0.2, 0) is 0 Å². The number of imidazole rings is 1. The quantitative estimate of drug-likeness (QED) is 0.870. The van der Waals surface area contributed by atoms with Crippen LogP contribution in [0.2, 0.25) is 0 Å². The average molecular weight is 274 g/mol. The van der Waals surface area contributed by atoms with Gasteiger partial charge in [-0.1, -0.05) is 0 Å². The molecule has 1 aromatic heterocycles. The molecule has 1 aliphatic carbocycles. The van der Waals surface area contributed by atoms with Crippen molar-refractivity contribution in [1.82, 2.24) is 9.55 Å². The molecule has 98 valence electrons. The summed E-state index contributed by atoms with van der Waals surface area (Å²) in [6.45, 7) is 0. The zero-order valence-electron chi connectivity index (χ0n) is 10.5. The summed E-state index contributed by atoms with van der Waals surface area (Å²) in [6.07, 6.45) is 8.19. The molecule has 4 nitrogen and oxygen atoms in total. The first kappa shape index (κ1) is 12.3. The number of hydrogen-bond donors (Lipinski definition) is 1. The fraction of sp³-hybridized carbons (Fsp3) is 0.286. The number of carboxylic acids is 1. The number of benzene rings is 1. The molecule has 0 bridgehead atoms. The maximum absolute atomic E-state index is 11.1. The Morgan fingerprint density at radius 3 is 2.89 bits per heavy atom. The third-order valence-corrected chi connectivity index (χ3v) is 4.09. The van der Waals surface area contributed by atoms with Gasteiger partial charge >= 0.3 is 5.97 Å². The highest BCUT2D eigenvalue weighted by molar-refractivity contribution is 7.98. The smallest absolute Gasteiger partial charge is 0.335 e. The van der Waals surface area contributed by atoms with Crippen molar-refractivity contribution >= 4 is 17.7 Å². The molecule has 1 saturated carbocycles. The normalized spacial score (nSPS) is 14.6. The summed E-state index contributed by atoms with van der Waals surface area (Å²) in [6, 6.07) is 5.18. The lowest BCUT2D eigenvalue weighted by atomic mass is 10.2. The Bertz CT molecular complexity index is 632. The van der Waals surface area contributed by atoms with E-state index in [2.05, 4.69) is 4.98 Å². The molecule has 3 rings (SSSR count). The molecule has 5 heteroatoms. The van der Waals surface area contributed by atoms with Gasteiger partial charge in [0.1, 0.15) is 0 Å². The Balaban J connectivity index is 2.04. The van der Waals surface area contributed by atoms with Crippen molar-refractivity contribution < 1.29 is 9.90 Å². The van der Waals surface area contributed by atoms with Crippen LogP contribution in [0.5, 0.6) is 0 Å². The first-order valence-electron chi connectivity index (χ1n) is 6.14. The molecule has 0 unspecified atom stereocenters. The Morgan fingerprint density at radius 2 is 2.26 bits per heavy atom. The maximum Gasteiger partial charge on any atom is 0.335 e. The van der Waals surface area contributed by atoms with Gasteiger partial charge in [0.25, 0.3) is 0 Å². The topological polar surface area (TPSA) is 55.1 Å². The van der Waals surface area contributed by atoms with E-state index in [4.69, 9.17) is 5.11 Å². The van der Waals surface area contributed by atoms with Crippen LogP contribution in [0.3, 0.4) is 0 Å². The van der Waals surface area contributed by atoms with E-state index in [1.807, 2.05) is 23.1 Å². The minimum absolute atomic E-state index is 0.300. The summed E-state index contributed by atoms with van der Waals surface area (Å²) in [7, 11) is 0. The molecule has 1 heterocycles. The van der Waals surface area contributed by atoms with Crippen LogP contribution in [0.4, 0.5) is 0 Å². The second-order valence-electron chi connectivity index (χ2n) is 4.67. The van der Waals surface area contributed by atoms with Gasteiger partial charge < -0.3 is 9.67 Å². The van der Waals surface area contributed by atoms with Gasteiger partial charge in [0.05, 0.1) is 23.3 Å². The van der Waals surface area contributed by atoms with E-state index >= 15 is 0 Å². The molecule has 19 heavy (non-hydrogen) atoms. The van der Waals surface area contributed by atoms with Crippen molar-refractivity contribution in [2.24, 2.45) is 0 Å². The van der Waals surface area contributed by atoms with Gasteiger partial charge in [0, 0.05) is 17.0 Å². The van der Waals surface area contributed by atoms with E-state index in [-0.39, 0.29) is 0 Å². The van der Waals surface area contributed by atoms with Crippen molar-refractivity contribution in [2.75, 3.05) is 6.26 Å². The fourth-order valence-electron chi connectivity index (χ4n) is 2.08. The Kier molecular flexibility index (Phi) is 3.06. The van der Waals surface area contributed by atoms with Crippen molar-refractivity contribution in [1.29, 1.82) is 0 Å². The number of hydrogen-bond acceptors (Lipinski definition) is 3. The number of aromatic carboxylic acids is 1. The first-order chi connectivity index (χ1) is 9.19. The summed E-state index contributed by atoms with van der Waals surface area (Å²) < 4.78 is 1.92. The molecule has 1 aliphatic rings. The molecular weight excluding hydrogens is 260 g/mol. The molecular formula is C14H14N2O2S. The van der Waals surface area contributed by atoms with Crippen molar-refractivity contribution in [3.8, 4) is 5.69 Å². The SMILES string of the molecule is CSc1ccc(C(=O)O)cc1-n1cnc(C2CC2)c1. The van der Waals surface area contributed by atoms with Gasteiger partial charge in [-0.3, -0.25) is 0 Å². The zero-order chi connectivity index (χ0) is 13.4. The van der Waals surface area contributed by atoms with Crippen LogP contribution in [0.25, 0.3) is 5.69 Å². The Morgan fingerprint density at radius 1 is 1.47 bits per heavy atom. The van der Waals surface area contributed by atoms with Crippen LogP contribution in [-0.4, -0.2) is 26.9 Å². The minimum atomic E-state index is -0.906. The van der Waals surface area contributed by atoms with Crippen molar-refractivity contribution in [2.45, 2.75) is 23.7 Å². The van der Waals surface area contributed by atoms with E-state index in [0.717, 1.165) is 16.3 Å². The van der Waals surface area contributed by atoms with Crippen LogP contribution in [0.1, 0.15) is 34.8 Å². The molecule has 0 radical (unpaired) electrons. The highest BCUT2D eigenvalue weighted by atomic mass is 32.2. The molecule has 1 aromatic carbocycles. The monoisotopic (exact) mass is 274 g/mol. The molecule has 1 fully saturated rings. The molecule has 0 amide bonds. The van der Waals surface area contributed by atoms with Gasteiger partial charge in [-0.25, -0.2) is 9.78 Å². The lowest BCUT2D eigenvalue weighted by Crippen LogP contribution is -2.00. The molecule has 1 N–H and O–H groups in total. The molecule has 0 atom stereocenters. The van der Waals surface area contributed by atoms with Gasteiger partial charge in [-0.15, -0.1) is 11.8 Å². The Hall–Kier alpha value is -1.75. The number of aromatic nitrogens is 2. The van der Waals surface area contributed by atoms with E-state index in [0.29, 0.717) is 11.5 Å². The predicted molar refractivity (Wildman–Crippen MR) is 74.3 cm³/mol. The second kappa shape index (κ2) is 4.74. The molecule has 2 aromatic rings. The number of nitrogens with zero attached hydrogens (tertiary/aromatic N) is 2. The predicted octanol–water partition coefficient (Wildman–Crippen LogP) is 3.17. The second-order valence-corrected chi connectivity index (χ2v) is 5.52. The third kappa shape index (κ3) is 2.38. The first-order valence-corrected chi connectivity index (χ1v) is 7.37. The molecule has 0 aliphatic heterocycles. The number of rotatable bonds is 4. The van der Waals surface area contributed by atoms with Crippen LogP contribution in [0, 0.1) is 0 Å². The van der Waals surface area contributed by atoms with Crippen molar-refractivity contribution in [3.05, 3.63) is 42.0 Å². The lowest BCUT2D eigenvalue weighted by molar-refractivity contribution is 0.0697. The van der Waals surface area contributed by atoms with Crippen LogP contribution in [0.15, 0.2) is 35.6 Å². The highest BCUT2D eigenvalue weighted by Gasteiger charge is 2.26. The Labute approximate surface area is 115 Å². The molecule has 0 spiro atoms. The summed E-state index contributed by atoms with van der Waals surface area (Å²) in [4.78, 5) is 16.5. The van der Waals surface area contributed by atoms with Gasteiger partial charge in [-0.05, 0) is 37.3 Å². The van der Waals surface area contributed by atoms with E-state index in [1.165, 1.54) is 12.8 Å². The van der Waals surface area contributed by atoms with Gasteiger partial charge in [-0.2, -0.15) is 0 Å². The fourth-order valence-corrected chi connectivity index (χ4v) is 2.66. The third-order valence-electron chi connectivity index (χ3n) is 3.30. The minimum Gasteiger partial charge on any atom is -0.478 e. The lowest BCUT2D eigenvalue weighted by Gasteiger charge is -2.09.